The van der Waals surface area contributed by atoms with Crippen LogP contribution in [-0.4, -0.2) is 0 Å². The summed E-state index contributed by atoms with van der Waals surface area (Å²) in [6.07, 6.45) is 8.33. The van der Waals surface area contributed by atoms with Crippen molar-refractivity contribution in [1.29, 1.82) is 5.26 Å². The smallest absolute Gasteiger partial charge is 0.212 e. The summed E-state index contributed by atoms with van der Waals surface area (Å²) in [5.74, 6) is 0.512. The maximum absolute atomic E-state index is 9.57. The van der Waals surface area contributed by atoms with Gasteiger partial charge in [0, 0.05) is 28.5 Å². The average Bonchev–Trinajstić information content (AvgIpc) is 3.10. The minimum absolute atomic E-state index is 0.512. The van der Waals surface area contributed by atoms with Crippen LogP contribution < -0.4 is 4.57 Å². The molecule has 144 valence electrons. The van der Waals surface area contributed by atoms with Crippen LogP contribution in [0.15, 0.2) is 53.1 Å². The van der Waals surface area contributed by atoms with Crippen molar-refractivity contribution in [3.8, 4) is 17.3 Å². The van der Waals surface area contributed by atoms with Gasteiger partial charge in [-0.25, -0.2) is 4.57 Å². The number of hydrogen-bond acceptors (Lipinski definition) is 2. The molecule has 2 aromatic heterocycles. The van der Waals surface area contributed by atoms with E-state index in [0.29, 0.717) is 11.5 Å². The highest BCUT2D eigenvalue weighted by Crippen LogP contribution is 2.42. The normalized spacial score (nSPS) is 15.1. The molecule has 5 rings (SSSR count). The van der Waals surface area contributed by atoms with E-state index in [4.69, 9.17) is 4.42 Å². The van der Waals surface area contributed by atoms with Crippen molar-refractivity contribution >= 4 is 21.9 Å². The molecule has 2 heterocycles. The fourth-order valence-corrected chi connectivity index (χ4v) is 4.96. The van der Waals surface area contributed by atoms with Crippen LogP contribution in [-0.2, 0) is 7.05 Å². The van der Waals surface area contributed by atoms with Crippen molar-refractivity contribution in [2.24, 2.45) is 7.05 Å². The maximum atomic E-state index is 9.57. The average molecular weight is 381 g/mol. The van der Waals surface area contributed by atoms with Crippen molar-refractivity contribution in [1.82, 2.24) is 0 Å². The molecule has 4 aromatic rings. The molecule has 0 radical (unpaired) electrons. The van der Waals surface area contributed by atoms with Crippen molar-refractivity contribution in [3.63, 3.8) is 0 Å². The number of rotatable bonds is 2. The number of benzene rings is 2. The first-order chi connectivity index (χ1) is 14.2. The lowest BCUT2D eigenvalue weighted by Crippen LogP contribution is -2.30. The molecule has 0 spiro atoms. The molecular formula is C26H25N2O+. The fraction of sp³-hybridized carbons (Fsp3) is 0.308. The highest BCUT2D eigenvalue weighted by atomic mass is 16.3. The lowest BCUT2D eigenvalue weighted by molar-refractivity contribution is -0.660. The van der Waals surface area contributed by atoms with E-state index in [-0.39, 0.29) is 0 Å². The van der Waals surface area contributed by atoms with Gasteiger partial charge in [-0.15, -0.1) is 0 Å². The molecule has 1 saturated carbocycles. The Kier molecular flexibility index (Phi) is 4.36. The van der Waals surface area contributed by atoms with Crippen molar-refractivity contribution in [3.05, 3.63) is 65.4 Å². The van der Waals surface area contributed by atoms with E-state index in [2.05, 4.69) is 67.2 Å². The number of nitriles is 1. The number of furan rings is 1. The summed E-state index contributed by atoms with van der Waals surface area (Å²) >= 11 is 0. The molecule has 3 nitrogen and oxygen atoms in total. The Morgan fingerprint density at radius 1 is 1.03 bits per heavy atom. The molecule has 0 atom stereocenters. The molecular weight excluding hydrogens is 356 g/mol. The molecule has 1 aliphatic carbocycles. The third-order valence-electron chi connectivity index (χ3n) is 6.45. The lowest BCUT2D eigenvalue weighted by atomic mass is 9.81. The zero-order valence-corrected chi connectivity index (χ0v) is 17.0. The van der Waals surface area contributed by atoms with Gasteiger partial charge in [-0.2, -0.15) is 5.26 Å². The molecule has 29 heavy (non-hydrogen) atoms. The topological polar surface area (TPSA) is 40.8 Å². The Balaban J connectivity index is 1.81. The second-order valence-electron chi connectivity index (χ2n) is 8.35. The van der Waals surface area contributed by atoms with Crippen molar-refractivity contribution in [2.45, 2.75) is 44.9 Å². The first kappa shape index (κ1) is 17.9. The molecule has 0 amide bonds. The summed E-state index contributed by atoms with van der Waals surface area (Å²) in [7, 11) is 2.08. The molecule has 1 fully saturated rings. The molecule has 0 unspecified atom stereocenters. The highest BCUT2D eigenvalue weighted by molar-refractivity contribution is 6.09. The van der Waals surface area contributed by atoms with E-state index in [1.807, 2.05) is 6.07 Å². The van der Waals surface area contributed by atoms with Crippen molar-refractivity contribution in [2.75, 3.05) is 0 Å². The molecule has 0 aliphatic heterocycles. The number of nitrogens with zero attached hydrogens (tertiary/aromatic N) is 2. The Hall–Kier alpha value is -3.12. The summed E-state index contributed by atoms with van der Waals surface area (Å²) < 4.78 is 8.43. The molecule has 0 saturated heterocycles. The number of aryl methyl sites for hydroxylation is 2. The maximum Gasteiger partial charge on any atom is 0.212 e. The van der Waals surface area contributed by atoms with Gasteiger partial charge in [0.25, 0.3) is 0 Å². The van der Waals surface area contributed by atoms with E-state index in [1.54, 1.807) is 0 Å². The summed E-state index contributed by atoms with van der Waals surface area (Å²) in [6, 6.07) is 17.1. The Morgan fingerprint density at radius 2 is 1.86 bits per heavy atom. The number of pyridine rings is 1. The second kappa shape index (κ2) is 7.04. The van der Waals surface area contributed by atoms with Gasteiger partial charge in [-0.05, 0) is 67.1 Å². The third kappa shape index (κ3) is 3.00. The molecule has 2 aromatic carbocycles. The largest absolute Gasteiger partial charge is 0.456 e. The number of hydrogen-bond donors (Lipinski definition) is 0. The highest BCUT2D eigenvalue weighted by Gasteiger charge is 2.23. The van der Waals surface area contributed by atoms with E-state index < -0.39 is 0 Å². The predicted molar refractivity (Wildman–Crippen MR) is 116 cm³/mol. The van der Waals surface area contributed by atoms with Gasteiger partial charge in [-0.3, -0.25) is 0 Å². The number of fused-ring (bicyclic) bond motifs is 3. The van der Waals surface area contributed by atoms with Crippen LogP contribution in [0, 0.1) is 18.3 Å². The Bertz CT molecular complexity index is 1270. The summed E-state index contributed by atoms with van der Waals surface area (Å²) in [5, 5.41) is 11.9. The minimum Gasteiger partial charge on any atom is -0.456 e. The quantitative estimate of drug-likeness (QED) is 0.382. The molecule has 3 heteroatoms. The zero-order chi connectivity index (χ0) is 20.0. The van der Waals surface area contributed by atoms with Gasteiger partial charge in [0.05, 0.1) is 11.6 Å². The van der Waals surface area contributed by atoms with E-state index in [9.17, 15) is 5.26 Å². The van der Waals surface area contributed by atoms with Gasteiger partial charge < -0.3 is 4.42 Å². The number of aromatic nitrogens is 1. The lowest BCUT2D eigenvalue weighted by Gasteiger charge is -2.23. The van der Waals surface area contributed by atoms with Gasteiger partial charge in [-0.1, -0.05) is 19.3 Å². The molecule has 0 bridgehead atoms. The summed E-state index contributed by atoms with van der Waals surface area (Å²) in [5.41, 5.74) is 7.35. The van der Waals surface area contributed by atoms with Crippen LogP contribution in [0.2, 0.25) is 0 Å². The Labute approximate surface area is 171 Å². The van der Waals surface area contributed by atoms with Crippen LogP contribution >= 0.6 is 0 Å². The Morgan fingerprint density at radius 3 is 2.62 bits per heavy atom. The van der Waals surface area contributed by atoms with Gasteiger partial charge in [0.1, 0.15) is 18.2 Å². The van der Waals surface area contributed by atoms with E-state index >= 15 is 0 Å². The van der Waals surface area contributed by atoms with E-state index in [1.165, 1.54) is 59.9 Å². The monoisotopic (exact) mass is 381 g/mol. The van der Waals surface area contributed by atoms with Crippen LogP contribution in [0.1, 0.15) is 54.7 Å². The summed E-state index contributed by atoms with van der Waals surface area (Å²) in [6.45, 7) is 2.14. The van der Waals surface area contributed by atoms with Gasteiger partial charge in [0.15, 0.2) is 6.20 Å². The van der Waals surface area contributed by atoms with Crippen LogP contribution in [0.25, 0.3) is 33.2 Å². The molecule has 1 aliphatic rings. The summed E-state index contributed by atoms with van der Waals surface area (Å²) in [4.78, 5) is 0. The zero-order valence-electron chi connectivity index (χ0n) is 17.0. The van der Waals surface area contributed by atoms with Gasteiger partial charge >= 0.3 is 0 Å². The standard InChI is InChI=1S/C26H25N2O/c1-17-12-24-22(15-20(17)23-10-6-7-11-28(23)2)26-21(19-8-4-3-5-9-19)13-18(16-27)14-25(26)29-24/h6-7,10-15,19H,3-5,8-9H2,1-2H3/q+1. The second-order valence-corrected chi connectivity index (χ2v) is 8.35. The predicted octanol–water partition coefficient (Wildman–Crippen LogP) is 6.31. The minimum atomic E-state index is 0.512. The first-order valence-electron chi connectivity index (χ1n) is 10.5. The van der Waals surface area contributed by atoms with Crippen LogP contribution in [0.4, 0.5) is 0 Å². The van der Waals surface area contributed by atoms with Gasteiger partial charge in [0.2, 0.25) is 5.69 Å². The third-order valence-corrected chi connectivity index (χ3v) is 6.45. The van der Waals surface area contributed by atoms with Crippen molar-refractivity contribution < 1.29 is 8.98 Å². The van der Waals surface area contributed by atoms with E-state index in [0.717, 1.165) is 16.6 Å². The van der Waals surface area contributed by atoms with Crippen LogP contribution in [0.5, 0.6) is 0 Å². The SMILES string of the molecule is Cc1cc2oc3cc(C#N)cc(C4CCCCC4)c3c2cc1-c1cccc[n+]1C. The first-order valence-corrected chi connectivity index (χ1v) is 10.5. The molecule has 0 N–H and O–H groups in total. The fourth-order valence-electron chi connectivity index (χ4n) is 4.96. The van der Waals surface area contributed by atoms with Crippen LogP contribution in [0.3, 0.4) is 0 Å².